The van der Waals surface area contributed by atoms with Gasteiger partial charge in [-0.1, -0.05) is 18.2 Å². The Bertz CT molecular complexity index is 662. The van der Waals surface area contributed by atoms with Gasteiger partial charge >= 0.3 is 0 Å². The van der Waals surface area contributed by atoms with Crippen molar-refractivity contribution < 1.29 is 14.3 Å². The molecule has 1 fully saturated rings. The number of hydrogen-bond donors (Lipinski definition) is 0. The number of Topliss-reactive ketones (excluding diaryl/α,β-unsaturated/α-hetero) is 1. The molecule has 0 aromatic heterocycles. The van der Waals surface area contributed by atoms with Crippen molar-refractivity contribution in [3.8, 4) is 11.5 Å². The Kier molecular flexibility index (Phi) is 5.01. The average Bonchev–Trinajstić information content (AvgIpc) is 2.62. The molecule has 0 saturated carbocycles. The maximum Gasteiger partial charge on any atom is 0.205 e. The third-order valence-electron chi connectivity index (χ3n) is 3.44. The van der Waals surface area contributed by atoms with E-state index in [1.807, 2.05) is 35.3 Å². The number of hydrazone groups is 1. The number of morpholine rings is 1. The van der Waals surface area contributed by atoms with Gasteiger partial charge in [-0.3, -0.25) is 9.80 Å². The number of carbonyl (C=O) groups excluding carboxylic acids is 1. The number of carbonyl (C=O) groups is 1. The zero-order valence-electron chi connectivity index (χ0n) is 12.7. The Balaban J connectivity index is 1.60. The molecule has 1 aliphatic rings. The second kappa shape index (κ2) is 7.56. The molecule has 5 nitrogen and oxygen atoms in total. The SMILES string of the molecule is O=C(/C=N\N1CCOCC1)c1ccc(Oc2ccccc2)cc1. The molecule has 1 aliphatic heterocycles. The molecular formula is C18H18N2O3. The van der Waals surface area contributed by atoms with E-state index < -0.39 is 0 Å². The molecule has 23 heavy (non-hydrogen) atoms. The Hall–Kier alpha value is -2.66. The minimum atomic E-state index is -0.122. The zero-order valence-corrected chi connectivity index (χ0v) is 12.7. The topological polar surface area (TPSA) is 51.1 Å². The van der Waals surface area contributed by atoms with E-state index in [1.165, 1.54) is 6.21 Å². The van der Waals surface area contributed by atoms with Crippen LogP contribution in [0.25, 0.3) is 0 Å². The Labute approximate surface area is 135 Å². The second-order valence-corrected chi connectivity index (χ2v) is 5.11. The minimum absolute atomic E-state index is 0.122. The van der Waals surface area contributed by atoms with Crippen LogP contribution in [0.1, 0.15) is 10.4 Å². The molecule has 118 valence electrons. The Morgan fingerprint density at radius 3 is 2.35 bits per heavy atom. The summed E-state index contributed by atoms with van der Waals surface area (Å²) in [7, 11) is 0. The molecule has 3 rings (SSSR count). The molecular weight excluding hydrogens is 292 g/mol. The quantitative estimate of drug-likeness (QED) is 0.629. The van der Waals surface area contributed by atoms with Crippen LogP contribution in [0.4, 0.5) is 0 Å². The van der Waals surface area contributed by atoms with Gasteiger partial charge in [-0.15, -0.1) is 0 Å². The summed E-state index contributed by atoms with van der Waals surface area (Å²) < 4.78 is 10.9. The minimum Gasteiger partial charge on any atom is -0.457 e. The van der Waals surface area contributed by atoms with E-state index >= 15 is 0 Å². The fraction of sp³-hybridized carbons (Fsp3) is 0.222. The van der Waals surface area contributed by atoms with E-state index in [-0.39, 0.29) is 5.78 Å². The lowest BCUT2D eigenvalue weighted by atomic mass is 10.1. The van der Waals surface area contributed by atoms with Crippen molar-refractivity contribution in [1.29, 1.82) is 0 Å². The molecule has 5 heteroatoms. The van der Waals surface area contributed by atoms with Gasteiger partial charge in [0, 0.05) is 5.56 Å². The van der Waals surface area contributed by atoms with Crippen LogP contribution in [0.5, 0.6) is 11.5 Å². The largest absolute Gasteiger partial charge is 0.457 e. The van der Waals surface area contributed by atoms with Crippen molar-refractivity contribution >= 4 is 12.0 Å². The van der Waals surface area contributed by atoms with Crippen molar-refractivity contribution in [1.82, 2.24) is 5.01 Å². The highest BCUT2D eigenvalue weighted by Crippen LogP contribution is 2.21. The third-order valence-corrected chi connectivity index (χ3v) is 3.44. The molecule has 0 spiro atoms. The van der Waals surface area contributed by atoms with Crippen molar-refractivity contribution in [3.63, 3.8) is 0 Å². The van der Waals surface area contributed by atoms with Gasteiger partial charge in [-0.2, -0.15) is 5.10 Å². The highest BCUT2D eigenvalue weighted by atomic mass is 16.5. The van der Waals surface area contributed by atoms with Gasteiger partial charge < -0.3 is 9.47 Å². The first kappa shape index (κ1) is 15.2. The first-order chi connectivity index (χ1) is 11.3. The van der Waals surface area contributed by atoms with Gasteiger partial charge in [0.15, 0.2) is 0 Å². The second-order valence-electron chi connectivity index (χ2n) is 5.11. The molecule has 0 aliphatic carbocycles. The number of ether oxygens (including phenoxy) is 2. The lowest BCUT2D eigenvalue weighted by Gasteiger charge is -2.23. The van der Waals surface area contributed by atoms with Crippen molar-refractivity contribution in [2.75, 3.05) is 26.3 Å². The van der Waals surface area contributed by atoms with Crippen LogP contribution in [-0.2, 0) is 4.74 Å². The van der Waals surface area contributed by atoms with E-state index in [4.69, 9.17) is 9.47 Å². The Morgan fingerprint density at radius 1 is 1.00 bits per heavy atom. The molecule has 0 bridgehead atoms. The predicted octanol–water partition coefficient (Wildman–Crippen LogP) is 2.98. The lowest BCUT2D eigenvalue weighted by molar-refractivity contribution is 0.0395. The van der Waals surface area contributed by atoms with Gasteiger partial charge in [0.2, 0.25) is 5.78 Å². The van der Waals surface area contributed by atoms with E-state index in [0.29, 0.717) is 37.6 Å². The smallest absolute Gasteiger partial charge is 0.205 e. The number of para-hydroxylation sites is 1. The molecule has 0 radical (unpaired) electrons. The van der Waals surface area contributed by atoms with Crippen LogP contribution in [0.15, 0.2) is 59.7 Å². The van der Waals surface area contributed by atoms with Crippen LogP contribution >= 0.6 is 0 Å². The molecule has 0 amide bonds. The van der Waals surface area contributed by atoms with Crippen LogP contribution in [0, 0.1) is 0 Å². The summed E-state index contributed by atoms with van der Waals surface area (Å²) in [6.45, 7) is 2.73. The summed E-state index contributed by atoms with van der Waals surface area (Å²) in [4.78, 5) is 12.1. The van der Waals surface area contributed by atoms with Crippen LogP contribution < -0.4 is 4.74 Å². The molecule has 0 unspecified atom stereocenters. The maximum atomic E-state index is 12.1. The van der Waals surface area contributed by atoms with Crippen molar-refractivity contribution in [2.24, 2.45) is 5.10 Å². The van der Waals surface area contributed by atoms with Gasteiger partial charge in [-0.05, 0) is 36.4 Å². The number of rotatable bonds is 5. The molecule has 0 N–H and O–H groups in total. The maximum absolute atomic E-state index is 12.1. The lowest BCUT2D eigenvalue weighted by Crippen LogP contribution is -2.32. The number of nitrogens with zero attached hydrogens (tertiary/aromatic N) is 2. The van der Waals surface area contributed by atoms with Gasteiger partial charge in [-0.25, -0.2) is 0 Å². The van der Waals surface area contributed by atoms with Crippen molar-refractivity contribution in [2.45, 2.75) is 0 Å². The third kappa shape index (κ3) is 4.40. The van der Waals surface area contributed by atoms with Crippen LogP contribution in [0.3, 0.4) is 0 Å². The average molecular weight is 310 g/mol. The standard InChI is InChI=1S/C18H18N2O3/c21-18(14-19-20-10-12-22-13-11-20)15-6-8-17(9-7-15)23-16-4-2-1-3-5-16/h1-9,14H,10-13H2/b19-14-. The number of hydrogen-bond acceptors (Lipinski definition) is 5. The number of ketones is 1. The zero-order chi connectivity index (χ0) is 15.9. The van der Waals surface area contributed by atoms with E-state index in [2.05, 4.69) is 5.10 Å². The summed E-state index contributed by atoms with van der Waals surface area (Å²) in [6.07, 6.45) is 1.36. The summed E-state index contributed by atoms with van der Waals surface area (Å²) in [5, 5.41) is 6.04. The summed E-state index contributed by atoms with van der Waals surface area (Å²) in [5.41, 5.74) is 0.586. The fourth-order valence-corrected chi connectivity index (χ4v) is 2.19. The highest BCUT2D eigenvalue weighted by molar-refractivity contribution is 6.35. The van der Waals surface area contributed by atoms with Gasteiger partial charge in [0.1, 0.15) is 11.5 Å². The van der Waals surface area contributed by atoms with E-state index in [9.17, 15) is 4.79 Å². The first-order valence-corrected chi connectivity index (χ1v) is 7.55. The van der Waals surface area contributed by atoms with E-state index in [1.54, 1.807) is 24.3 Å². The van der Waals surface area contributed by atoms with Crippen molar-refractivity contribution in [3.05, 3.63) is 60.2 Å². The predicted molar refractivity (Wildman–Crippen MR) is 88.2 cm³/mol. The summed E-state index contributed by atoms with van der Waals surface area (Å²) in [6, 6.07) is 16.6. The van der Waals surface area contributed by atoms with Crippen LogP contribution in [0.2, 0.25) is 0 Å². The monoisotopic (exact) mass is 310 g/mol. The fourth-order valence-electron chi connectivity index (χ4n) is 2.19. The number of benzene rings is 2. The first-order valence-electron chi connectivity index (χ1n) is 7.55. The van der Waals surface area contributed by atoms with Gasteiger partial charge in [0.25, 0.3) is 0 Å². The normalized spacial score (nSPS) is 14.9. The summed E-state index contributed by atoms with van der Waals surface area (Å²) >= 11 is 0. The molecule has 0 atom stereocenters. The summed E-state index contributed by atoms with van der Waals surface area (Å²) in [5.74, 6) is 1.33. The molecule has 1 heterocycles. The molecule has 2 aromatic rings. The van der Waals surface area contributed by atoms with Crippen LogP contribution in [-0.4, -0.2) is 43.3 Å². The molecule has 2 aromatic carbocycles. The Morgan fingerprint density at radius 2 is 1.65 bits per heavy atom. The van der Waals surface area contributed by atoms with E-state index in [0.717, 1.165) is 5.75 Å². The highest BCUT2D eigenvalue weighted by Gasteiger charge is 2.08. The molecule has 1 saturated heterocycles. The van der Waals surface area contributed by atoms with Gasteiger partial charge in [0.05, 0.1) is 32.5 Å².